The number of likely N-dealkylation sites (tertiary alicyclic amines) is 1. The first-order valence-electron chi connectivity index (χ1n) is 4.26. The lowest BCUT2D eigenvalue weighted by molar-refractivity contribution is 0.0320. The Morgan fingerprint density at radius 1 is 1.67 bits per heavy atom. The van der Waals surface area contributed by atoms with Crippen molar-refractivity contribution in [2.75, 3.05) is 26.2 Å². The lowest BCUT2D eigenvalue weighted by atomic mass is 10.2. The van der Waals surface area contributed by atoms with E-state index in [-0.39, 0.29) is 0 Å². The van der Waals surface area contributed by atoms with Gasteiger partial charge in [0.25, 0.3) is 0 Å². The van der Waals surface area contributed by atoms with Gasteiger partial charge in [0.2, 0.25) is 0 Å². The molecule has 2 heterocycles. The van der Waals surface area contributed by atoms with Crippen molar-refractivity contribution in [2.45, 2.75) is 18.6 Å². The Hall–Kier alpha value is -0.770. The molecule has 0 saturated carbocycles. The highest BCUT2D eigenvalue weighted by molar-refractivity contribution is 4.91. The molecule has 0 aliphatic carbocycles. The summed E-state index contributed by atoms with van der Waals surface area (Å²) >= 11 is 0. The molecule has 66 valence electrons. The van der Waals surface area contributed by atoms with E-state index in [0.29, 0.717) is 18.7 Å². The van der Waals surface area contributed by atoms with E-state index in [1.807, 2.05) is 0 Å². The molecule has 2 atom stereocenters. The van der Waals surface area contributed by atoms with Crippen molar-refractivity contribution in [1.29, 1.82) is 0 Å². The average Bonchev–Trinajstić information content (AvgIpc) is 2.65. The quantitative estimate of drug-likeness (QED) is 0.355. The summed E-state index contributed by atoms with van der Waals surface area (Å²) in [6.45, 7) is 3.35. The second kappa shape index (κ2) is 3.31. The van der Waals surface area contributed by atoms with E-state index in [2.05, 4.69) is 14.9 Å². The first-order valence-corrected chi connectivity index (χ1v) is 4.26. The molecular weight excluding hydrogens is 156 g/mol. The molecule has 0 amide bonds. The van der Waals surface area contributed by atoms with Gasteiger partial charge in [-0.05, 0) is 12.0 Å². The molecule has 2 unspecified atom stereocenters. The highest BCUT2D eigenvalue weighted by atomic mass is 16.5. The highest BCUT2D eigenvalue weighted by Crippen LogP contribution is 2.26. The molecule has 5 nitrogen and oxygen atoms in total. The maximum Gasteiger partial charge on any atom is 0.0718 e. The molecular formula is C7H12N4O. The van der Waals surface area contributed by atoms with Gasteiger partial charge in [0.05, 0.1) is 12.7 Å². The van der Waals surface area contributed by atoms with E-state index in [9.17, 15) is 0 Å². The molecule has 0 aromatic heterocycles. The molecule has 12 heavy (non-hydrogen) atoms. The fraction of sp³-hybridized carbons (Fsp3) is 1.00. The lowest BCUT2D eigenvalue weighted by Gasteiger charge is -2.25. The Kier molecular flexibility index (Phi) is 2.17. The molecule has 2 aliphatic rings. The van der Waals surface area contributed by atoms with Crippen molar-refractivity contribution in [3.05, 3.63) is 10.4 Å². The molecule has 2 saturated heterocycles. The van der Waals surface area contributed by atoms with Gasteiger partial charge >= 0.3 is 0 Å². The van der Waals surface area contributed by atoms with Crippen LogP contribution in [0.2, 0.25) is 0 Å². The van der Waals surface area contributed by atoms with Crippen LogP contribution in [0.25, 0.3) is 10.4 Å². The molecule has 0 radical (unpaired) electrons. The Morgan fingerprint density at radius 2 is 2.58 bits per heavy atom. The molecule has 0 spiro atoms. The van der Waals surface area contributed by atoms with Crippen LogP contribution in [0.15, 0.2) is 5.11 Å². The summed E-state index contributed by atoms with van der Waals surface area (Å²) in [5.41, 5.74) is 8.09. The maximum absolute atomic E-state index is 8.09. The first-order chi connectivity index (χ1) is 5.90. The van der Waals surface area contributed by atoms with Gasteiger partial charge in [-0.15, -0.1) is 0 Å². The van der Waals surface area contributed by atoms with Crippen LogP contribution >= 0.6 is 0 Å². The number of ether oxygens (including phenoxy) is 1. The summed E-state index contributed by atoms with van der Waals surface area (Å²) in [7, 11) is 0. The van der Waals surface area contributed by atoms with Crippen LogP contribution in [0.1, 0.15) is 6.42 Å². The predicted octanol–water partition coefficient (Wildman–Crippen LogP) is 0.770. The fourth-order valence-corrected chi connectivity index (χ4v) is 1.97. The minimum atomic E-state index is 0.445. The summed E-state index contributed by atoms with van der Waals surface area (Å²) in [6, 6.07) is 0.587. The van der Waals surface area contributed by atoms with Gasteiger partial charge in [-0.25, -0.2) is 0 Å². The second-order valence-corrected chi connectivity index (χ2v) is 3.29. The van der Waals surface area contributed by atoms with Crippen LogP contribution in [0.5, 0.6) is 0 Å². The summed E-state index contributed by atoms with van der Waals surface area (Å²) in [6.07, 6.45) is 1.61. The van der Waals surface area contributed by atoms with Crippen LogP contribution in [0.4, 0.5) is 0 Å². The molecule has 0 aromatic rings. The Bertz CT molecular complexity index is 213. The largest absolute Gasteiger partial charge is 0.375 e. The lowest BCUT2D eigenvalue weighted by Crippen LogP contribution is -2.38. The molecule has 2 aliphatic heterocycles. The van der Waals surface area contributed by atoms with Gasteiger partial charge < -0.3 is 4.74 Å². The molecule has 5 heteroatoms. The van der Waals surface area contributed by atoms with Crippen molar-refractivity contribution < 1.29 is 4.74 Å². The zero-order valence-corrected chi connectivity index (χ0v) is 6.89. The third-order valence-electron chi connectivity index (χ3n) is 2.56. The Balaban J connectivity index is 1.79. The number of azide groups is 1. The number of fused-ring (bicyclic) bond motifs is 2. The normalized spacial score (nSPS) is 33.7. The van der Waals surface area contributed by atoms with Crippen LogP contribution in [0.3, 0.4) is 0 Å². The smallest absolute Gasteiger partial charge is 0.0718 e. The predicted molar refractivity (Wildman–Crippen MR) is 43.7 cm³/mol. The van der Waals surface area contributed by atoms with E-state index in [4.69, 9.17) is 10.3 Å². The third kappa shape index (κ3) is 1.39. The van der Waals surface area contributed by atoms with Crippen molar-refractivity contribution in [3.63, 3.8) is 0 Å². The minimum absolute atomic E-state index is 0.445. The monoisotopic (exact) mass is 168 g/mol. The van der Waals surface area contributed by atoms with Crippen LogP contribution in [-0.2, 0) is 4.74 Å². The summed E-state index contributed by atoms with van der Waals surface area (Å²) in [5, 5.41) is 3.52. The van der Waals surface area contributed by atoms with Crippen molar-refractivity contribution >= 4 is 0 Å². The van der Waals surface area contributed by atoms with Gasteiger partial charge in [0.1, 0.15) is 0 Å². The van der Waals surface area contributed by atoms with Gasteiger partial charge in [-0.2, -0.15) is 0 Å². The van der Waals surface area contributed by atoms with Crippen molar-refractivity contribution in [1.82, 2.24) is 4.90 Å². The van der Waals surface area contributed by atoms with Crippen molar-refractivity contribution in [2.24, 2.45) is 5.11 Å². The zero-order valence-electron chi connectivity index (χ0n) is 6.89. The number of hydrogen-bond acceptors (Lipinski definition) is 3. The molecule has 2 rings (SSSR count). The summed E-state index contributed by atoms with van der Waals surface area (Å²) < 4.78 is 5.44. The van der Waals surface area contributed by atoms with Crippen LogP contribution in [0, 0.1) is 0 Å². The molecule has 2 fully saturated rings. The first kappa shape index (κ1) is 7.86. The number of hydrogen-bond donors (Lipinski definition) is 0. The maximum atomic E-state index is 8.09. The average molecular weight is 168 g/mol. The molecule has 0 N–H and O–H groups in total. The molecule has 0 aromatic carbocycles. The van der Waals surface area contributed by atoms with Gasteiger partial charge in [0.15, 0.2) is 0 Å². The standard InChI is InChI=1S/C7H12N4O/c8-10-9-1-2-11-4-7-3-6(11)5-12-7/h6-7H,1-5H2. The van der Waals surface area contributed by atoms with Gasteiger partial charge in [-0.1, -0.05) is 5.11 Å². The topological polar surface area (TPSA) is 61.2 Å². The van der Waals surface area contributed by atoms with E-state index in [0.717, 1.165) is 26.1 Å². The van der Waals surface area contributed by atoms with E-state index in [1.54, 1.807) is 0 Å². The minimum Gasteiger partial charge on any atom is -0.375 e. The fourth-order valence-electron chi connectivity index (χ4n) is 1.97. The van der Waals surface area contributed by atoms with Crippen LogP contribution < -0.4 is 0 Å². The zero-order chi connectivity index (χ0) is 8.39. The van der Waals surface area contributed by atoms with E-state index < -0.39 is 0 Å². The highest BCUT2D eigenvalue weighted by Gasteiger charge is 2.38. The van der Waals surface area contributed by atoms with Crippen molar-refractivity contribution in [3.8, 4) is 0 Å². The van der Waals surface area contributed by atoms with E-state index in [1.165, 1.54) is 0 Å². The van der Waals surface area contributed by atoms with Gasteiger partial charge in [-0.3, -0.25) is 4.90 Å². The van der Waals surface area contributed by atoms with E-state index >= 15 is 0 Å². The number of rotatable bonds is 3. The SMILES string of the molecule is [N-]=[N+]=NCCN1CC2CC1CO2. The van der Waals surface area contributed by atoms with Gasteiger partial charge in [0, 0.05) is 30.6 Å². The Morgan fingerprint density at radius 3 is 3.17 bits per heavy atom. The summed E-state index contributed by atoms with van der Waals surface area (Å²) in [4.78, 5) is 5.08. The second-order valence-electron chi connectivity index (χ2n) is 3.29. The number of morpholine rings is 1. The van der Waals surface area contributed by atoms with Crippen LogP contribution in [-0.4, -0.2) is 43.3 Å². The number of nitrogens with zero attached hydrogens (tertiary/aromatic N) is 4. The third-order valence-corrected chi connectivity index (χ3v) is 2.56. The summed E-state index contributed by atoms with van der Waals surface area (Å²) in [5.74, 6) is 0. The Labute approximate surface area is 70.9 Å². The molecule has 2 bridgehead atoms.